The zero-order valence-corrected chi connectivity index (χ0v) is 38.6. The first-order valence-electron chi connectivity index (χ1n) is 22.9. The molecule has 2 saturated heterocycles. The normalized spacial score (nSPS) is 16.8. The van der Waals surface area contributed by atoms with Crippen LogP contribution >= 0.6 is 0 Å². The summed E-state index contributed by atoms with van der Waals surface area (Å²) in [5, 5.41) is 12.4. The molecule has 1 saturated carbocycles. The number of benzene rings is 1. The Hall–Kier alpha value is -6.90. The van der Waals surface area contributed by atoms with Crippen LogP contribution in [0.1, 0.15) is 71.3 Å². The van der Waals surface area contributed by atoms with Gasteiger partial charge in [-0.3, -0.25) is 38.3 Å². The Morgan fingerprint density at radius 1 is 0.851 bits per heavy atom. The molecule has 0 spiro atoms. The number of hydrogen-bond acceptors (Lipinski definition) is 16. The first kappa shape index (κ1) is 48.0. The van der Waals surface area contributed by atoms with Gasteiger partial charge in [0.05, 0.1) is 42.4 Å². The molecule has 2 aliphatic heterocycles. The molecule has 0 bridgehead atoms. The number of ether oxygens (including phenoxy) is 1. The highest BCUT2D eigenvalue weighted by Gasteiger charge is 2.27. The number of aromatic nitrogens is 4. The van der Waals surface area contributed by atoms with E-state index < -0.39 is 5.91 Å². The lowest BCUT2D eigenvalue weighted by Crippen LogP contribution is -2.51. The number of nitrogens with zero attached hydrogens (tertiary/aromatic N) is 8. The molecule has 0 atom stereocenters. The monoisotopic (exact) mass is 918 g/mol. The van der Waals surface area contributed by atoms with Crippen LogP contribution in [0.4, 0.5) is 23.1 Å². The highest BCUT2D eigenvalue weighted by atomic mass is 16.5. The fraction of sp³-hybridized carbons (Fsp3) is 0.447. The second kappa shape index (κ2) is 22.5. The molecule has 7 rings (SSSR count). The lowest BCUT2D eigenvalue weighted by molar-refractivity contribution is -0.122. The number of piperazine rings is 2. The lowest BCUT2D eigenvalue weighted by Gasteiger charge is -2.36. The van der Waals surface area contributed by atoms with E-state index in [0.717, 1.165) is 90.3 Å². The van der Waals surface area contributed by atoms with Gasteiger partial charge in [0.2, 0.25) is 17.8 Å². The summed E-state index contributed by atoms with van der Waals surface area (Å²) in [5.41, 5.74) is 14.2. The third kappa shape index (κ3) is 12.5. The summed E-state index contributed by atoms with van der Waals surface area (Å²) in [6, 6.07) is 10.6. The molecule has 0 unspecified atom stereocenters. The van der Waals surface area contributed by atoms with Crippen molar-refractivity contribution in [2.24, 2.45) is 11.5 Å². The van der Waals surface area contributed by atoms with Gasteiger partial charge in [-0.25, -0.2) is 9.97 Å². The van der Waals surface area contributed by atoms with E-state index in [4.69, 9.17) is 21.2 Å². The zero-order valence-electron chi connectivity index (χ0n) is 38.6. The molecule has 8 N–H and O–H groups in total. The molecule has 3 amide bonds. The molecule has 1 aromatic carbocycles. The fourth-order valence-corrected chi connectivity index (χ4v) is 8.83. The number of nitrogens with one attached hydrogen (secondary N) is 4. The summed E-state index contributed by atoms with van der Waals surface area (Å²) in [6.45, 7) is 11.7. The Morgan fingerprint density at radius 2 is 1.55 bits per heavy atom. The van der Waals surface area contributed by atoms with E-state index in [2.05, 4.69) is 50.8 Å². The fourth-order valence-electron chi connectivity index (χ4n) is 8.83. The molecular weight excluding hydrogens is 857 g/mol. The van der Waals surface area contributed by atoms with Gasteiger partial charge in [0.15, 0.2) is 11.7 Å². The number of para-hydroxylation sites is 1. The molecule has 356 valence electrons. The van der Waals surface area contributed by atoms with Crippen LogP contribution in [0.2, 0.25) is 0 Å². The second-order valence-corrected chi connectivity index (χ2v) is 17.1. The number of rotatable bonds is 18. The van der Waals surface area contributed by atoms with Crippen molar-refractivity contribution in [2.75, 3.05) is 101 Å². The van der Waals surface area contributed by atoms with Gasteiger partial charge in [0.1, 0.15) is 17.3 Å². The quantitative estimate of drug-likeness (QED) is 0.0476. The smallest absolute Gasteiger partial charge is 0.263 e. The number of anilines is 4. The maximum Gasteiger partial charge on any atom is 0.263 e. The summed E-state index contributed by atoms with van der Waals surface area (Å²) < 4.78 is 6.56. The van der Waals surface area contributed by atoms with E-state index >= 15 is 0 Å². The molecule has 0 radical (unpaired) electrons. The van der Waals surface area contributed by atoms with E-state index in [1.54, 1.807) is 42.0 Å². The number of methoxy groups -OCH3 is 1. The molecule has 3 fully saturated rings. The maximum atomic E-state index is 13.6. The number of carbonyl (C=O) groups excluding carboxylic acids is 4. The van der Waals surface area contributed by atoms with Gasteiger partial charge < -0.3 is 47.3 Å². The number of fused-ring (bicyclic) bond motifs is 1. The highest BCUT2D eigenvalue weighted by Crippen LogP contribution is 2.32. The van der Waals surface area contributed by atoms with Crippen LogP contribution in [-0.4, -0.2) is 143 Å². The number of Topliss-reactive ketones (excluding diaryl/α,β-unsaturated/α-hetero) is 1. The number of allylic oxidation sites excluding steroid dienone is 2. The van der Waals surface area contributed by atoms with Gasteiger partial charge in [-0.05, 0) is 62.6 Å². The van der Waals surface area contributed by atoms with E-state index in [1.807, 2.05) is 18.3 Å². The van der Waals surface area contributed by atoms with Crippen molar-refractivity contribution in [3.05, 3.63) is 99.7 Å². The lowest BCUT2D eigenvalue weighted by atomic mass is 10.0. The number of carbonyl (C=O) groups is 4. The number of nitrogens with two attached hydrogens (primary N) is 2. The molecule has 3 aliphatic rings. The largest absolute Gasteiger partial charge is 0.483 e. The van der Waals surface area contributed by atoms with Crippen molar-refractivity contribution >= 4 is 57.7 Å². The average molecular weight is 919 g/mol. The van der Waals surface area contributed by atoms with Gasteiger partial charge in [-0.1, -0.05) is 25.0 Å². The number of ketones is 1. The van der Waals surface area contributed by atoms with Crippen molar-refractivity contribution < 1.29 is 23.9 Å². The van der Waals surface area contributed by atoms with E-state index in [9.17, 15) is 24.0 Å². The summed E-state index contributed by atoms with van der Waals surface area (Å²) >= 11 is 0. The van der Waals surface area contributed by atoms with Crippen LogP contribution in [-0.2, 0) is 14.3 Å². The van der Waals surface area contributed by atoms with Crippen LogP contribution in [0, 0.1) is 6.92 Å². The summed E-state index contributed by atoms with van der Waals surface area (Å²) in [4.78, 5) is 87.6. The topological polar surface area (TPSA) is 251 Å². The SMILES string of the molecule is CO/C(N)=C/C=C(\N)NC(=O)c1ccccc1NC(=O)CCN1CCN(CCNC(=O)CN2CCN(c3ccc(Nc4ncc5c(C)c(C(C)=O)c(=O)n(C6CCCC6)c5n4)nc3)CC2)CC1. The van der Waals surface area contributed by atoms with Crippen LogP contribution < -0.4 is 43.2 Å². The van der Waals surface area contributed by atoms with Gasteiger partial charge in [-0.2, -0.15) is 4.98 Å². The number of hydrogen-bond donors (Lipinski definition) is 6. The maximum absolute atomic E-state index is 13.6. The summed E-state index contributed by atoms with van der Waals surface area (Å²) in [6.07, 6.45) is 10.4. The van der Waals surface area contributed by atoms with E-state index in [1.165, 1.54) is 26.2 Å². The van der Waals surface area contributed by atoms with Crippen molar-refractivity contribution in [3.63, 3.8) is 0 Å². The van der Waals surface area contributed by atoms with Crippen LogP contribution in [0.15, 0.2) is 77.4 Å². The van der Waals surface area contributed by atoms with Gasteiger partial charge in [0, 0.05) is 102 Å². The van der Waals surface area contributed by atoms with Crippen molar-refractivity contribution in [2.45, 2.75) is 52.0 Å². The Labute approximate surface area is 389 Å². The molecule has 20 heteroatoms. The number of pyridine rings is 2. The van der Waals surface area contributed by atoms with E-state index in [-0.39, 0.29) is 58.5 Å². The third-order valence-corrected chi connectivity index (χ3v) is 12.6. The molecule has 5 heterocycles. The van der Waals surface area contributed by atoms with Crippen molar-refractivity contribution in [1.82, 2.24) is 44.9 Å². The highest BCUT2D eigenvalue weighted by molar-refractivity contribution is 6.04. The zero-order chi connectivity index (χ0) is 47.5. The average Bonchev–Trinajstić information content (AvgIpc) is 3.86. The van der Waals surface area contributed by atoms with Crippen molar-refractivity contribution in [1.29, 1.82) is 0 Å². The van der Waals surface area contributed by atoms with Gasteiger partial charge in [0.25, 0.3) is 11.5 Å². The van der Waals surface area contributed by atoms with Crippen LogP contribution in [0.25, 0.3) is 11.0 Å². The van der Waals surface area contributed by atoms with Crippen molar-refractivity contribution in [3.8, 4) is 0 Å². The Balaban J connectivity index is 0.789. The number of amides is 3. The van der Waals surface area contributed by atoms with Crippen LogP contribution in [0.3, 0.4) is 0 Å². The predicted octanol–water partition coefficient (Wildman–Crippen LogP) is 2.42. The Morgan fingerprint density at radius 3 is 2.24 bits per heavy atom. The number of aryl methyl sites for hydroxylation is 1. The van der Waals surface area contributed by atoms with Gasteiger partial charge in [-0.15, -0.1) is 0 Å². The molecular formula is C47H62N14O6. The summed E-state index contributed by atoms with van der Waals surface area (Å²) in [5.74, 6) is 0.173. The molecule has 4 aromatic rings. The minimum absolute atomic E-state index is 0.00389. The first-order chi connectivity index (χ1) is 32.4. The Kier molecular flexibility index (Phi) is 16.2. The molecule has 20 nitrogen and oxygen atoms in total. The standard InChI is InChI=1S/C47H62N14O6/c1-31-36-29-52-47(56-44(36)61(33-8-4-5-9-33)46(66)43(31)32(2)62)55-40-15-12-34(28-51-40)60-26-24-59(25-27-60)30-42(64)50-17-19-58-22-20-57(21-23-58)18-16-41(63)53-37-11-7-6-10-35(37)45(65)54-38(48)13-14-39(49)67-3/h6-7,10-15,28-29,33H,4-5,8-9,16-27,30,48-49H2,1-3H3,(H,50,64)(H,53,63)(H,54,65)(H,51,52,55,56)/b38-13+,39-14+. The summed E-state index contributed by atoms with van der Waals surface area (Å²) in [7, 11) is 1.42. The van der Waals surface area contributed by atoms with E-state index in [0.29, 0.717) is 53.7 Å². The van der Waals surface area contributed by atoms with Gasteiger partial charge >= 0.3 is 0 Å². The molecule has 67 heavy (non-hydrogen) atoms. The first-order valence-corrected chi connectivity index (χ1v) is 22.9. The minimum Gasteiger partial charge on any atom is -0.483 e. The third-order valence-electron chi connectivity index (χ3n) is 12.6. The molecule has 3 aromatic heterocycles. The molecule has 1 aliphatic carbocycles. The predicted molar refractivity (Wildman–Crippen MR) is 257 cm³/mol. The minimum atomic E-state index is -0.473. The van der Waals surface area contributed by atoms with Crippen LogP contribution in [0.5, 0.6) is 0 Å². The second-order valence-electron chi connectivity index (χ2n) is 17.1. The Bertz CT molecular complexity index is 2540.